The zero-order valence-corrected chi connectivity index (χ0v) is 18.6. The highest BCUT2D eigenvalue weighted by Crippen LogP contribution is 2.38. The molecule has 1 atom stereocenters. The average Bonchev–Trinajstić information content (AvgIpc) is 3.21. The van der Waals surface area contributed by atoms with Gasteiger partial charge in [-0.25, -0.2) is 9.07 Å². The van der Waals surface area contributed by atoms with Crippen molar-refractivity contribution >= 4 is 16.8 Å². The second-order valence-electron chi connectivity index (χ2n) is 9.18. The van der Waals surface area contributed by atoms with Crippen LogP contribution in [0.2, 0.25) is 0 Å². The fraction of sp³-hybridized carbons (Fsp3) is 0.231. The quantitative estimate of drug-likeness (QED) is 0.392. The smallest absolute Gasteiger partial charge is 0.278 e. The molecule has 2 aromatic heterocycles. The lowest BCUT2D eigenvalue weighted by Gasteiger charge is -2.42. The molecule has 0 aliphatic carbocycles. The number of carbonyl (C=O) groups excluding carboxylic acids is 1. The minimum Gasteiger partial charge on any atom is -0.502 e. The molecular weight excluding hydrogens is 451 g/mol. The molecule has 8 nitrogen and oxygen atoms in total. The highest BCUT2D eigenvalue weighted by molar-refractivity contribution is 5.98. The van der Waals surface area contributed by atoms with Crippen molar-refractivity contribution in [1.29, 1.82) is 0 Å². The van der Waals surface area contributed by atoms with Crippen LogP contribution in [0.3, 0.4) is 0 Å². The van der Waals surface area contributed by atoms with Crippen molar-refractivity contribution in [3.05, 3.63) is 87.1 Å². The number of amides is 1. The summed E-state index contributed by atoms with van der Waals surface area (Å²) in [5, 5.41) is 11.1. The van der Waals surface area contributed by atoms with E-state index in [4.69, 9.17) is 4.74 Å². The Hall–Kier alpha value is -4.11. The number of morpholine rings is 1. The van der Waals surface area contributed by atoms with Crippen molar-refractivity contribution in [3.8, 4) is 17.0 Å². The van der Waals surface area contributed by atoms with Gasteiger partial charge in [-0.3, -0.25) is 9.59 Å². The molecule has 2 N–H and O–H groups in total. The van der Waals surface area contributed by atoms with Gasteiger partial charge in [0, 0.05) is 42.7 Å². The van der Waals surface area contributed by atoms with E-state index in [0.29, 0.717) is 42.8 Å². The maximum Gasteiger partial charge on any atom is 0.278 e. The Kier molecular flexibility index (Phi) is 4.17. The molecule has 7 rings (SSSR count). The Labute approximate surface area is 198 Å². The molecule has 3 aliphatic heterocycles. The molecule has 9 heteroatoms. The zero-order chi connectivity index (χ0) is 23.8. The van der Waals surface area contributed by atoms with Crippen LogP contribution in [0.5, 0.6) is 5.75 Å². The number of nitrogens with one attached hydrogen (secondary N) is 1. The maximum atomic E-state index is 15.4. The van der Waals surface area contributed by atoms with Gasteiger partial charge in [0.1, 0.15) is 12.0 Å². The fourth-order valence-corrected chi connectivity index (χ4v) is 5.59. The van der Waals surface area contributed by atoms with Crippen LogP contribution in [0.25, 0.3) is 22.2 Å². The van der Waals surface area contributed by atoms with Crippen molar-refractivity contribution in [2.45, 2.75) is 19.1 Å². The molecule has 1 fully saturated rings. The number of aromatic hydroxyl groups is 1. The first-order valence-electron chi connectivity index (χ1n) is 11.5. The monoisotopic (exact) mass is 472 g/mol. The third kappa shape index (κ3) is 2.81. The summed E-state index contributed by atoms with van der Waals surface area (Å²) < 4.78 is 24.4. The number of pyridine rings is 1. The number of aromatic nitrogens is 2. The first-order valence-corrected chi connectivity index (χ1v) is 11.5. The lowest BCUT2D eigenvalue weighted by atomic mass is 9.93. The van der Waals surface area contributed by atoms with Crippen LogP contribution in [0.4, 0.5) is 4.39 Å². The second kappa shape index (κ2) is 7.19. The van der Waals surface area contributed by atoms with Crippen LogP contribution in [0, 0.1) is 5.82 Å². The lowest BCUT2D eigenvalue weighted by Crippen LogP contribution is -2.59. The average molecular weight is 472 g/mol. The molecule has 4 aromatic rings. The van der Waals surface area contributed by atoms with Gasteiger partial charge >= 0.3 is 0 Å². The molecule has 3 aliphatic rings. The summed E-state index contributed by atoms with van der Waals surface area (Å²) in [6.07, 6.45) is 1.94. The van der Waals surface area contributed by atoms with Crippen molar-refractivity contribution < 1.29 is 19.0 Å². The number of ether oxygens (including phenoxy) is 1. The van der Waals surface area contributed by atoms with E-state index in [2.05, 4.69) is 17.6 Å². The number of halogens is 1. The van der Waals surface area contributed by atoms with Gasteiger partial charge in [-0.1, -0.05) is 24.3 Å². The van der Waals surface area contributed by atoms with Crippen LogP contribution in [-0.4, -0.2) is 51.1 Å². The van der Waals surface area contributed by atoms with Crippen molar-refractivity contribution in [1.82, 2.24) is 14.1 Å². The summed E-state index contributed by atoms with van der Waals surface area (Å²) in [6.45, 7) is 1.57. The summed E-state index contributed by atoms with van der Waals surface area (Å²) in [4.78, 5) is 27.7. The summed E-state index contributed by atoms with van der Waals surface area (Å²) >= 11 is 0. The molecule has 0 radical (unpaired) electrons. The van der Waals surface area contributed by atoms with E-state index in [1.165, 1.54) is 16.8 Å². The molecule has 0 bridgehead atoms. The number of hydrogen-bond acceptors (Lipinski definition) is 5. The van der Waals surface area contributed by atoms with Gasteiger partial charge in [0.05, 0.1) is 24.4 Å². The Balaban J connectivity index is 1.53. The third-order valence-electron chi connectivity index (χ3n) is 7.27. The second-order valence-corrected chi connectivity index (χ2v) is 9.18. The van der Waals surface area contributed by atoms with E-state index < -0.39 is 29.1 Å². The minimum atomic E-state index is -0.690. The number of benzene rings is 2. The number of carbonyl (C=O) groups is 1. The summed E-state index contributed by atoms with van der Waals surface area (Å²) in [5.74, 6) is -1.50. The molecule has 1 saturated heterocycles. The Bertz CT molecular complexity index is 1620. The fourth-order valence-electron chi connectivity index (χ4n) is 5.59. The lowest BCUT2D eigenvalue weighted by molar-refractivity contribution is -0.00300. The third-order valence-corrected chi connectivity index (χ3v) is 7.27. The highest BCUT2D eigenvalue weighted by Gasteiger charge is 2.38. The molecule has 176 valence electrons. The first-order chi connectivity index (χ1) is 17.0. The number of rotatable bonds is 1. The van der Waals surface area contributed by atoms with Gasteiger partial charge in [0.25, 0.3) is 5.91 Å². The van der Waals surface area contributed by atoms with E-state index in [1.807, 2.05) is 22.9 Å². The van der Waals surface area contributed by atoms with E-state index in [-0.39, 0.29) is 12.3 Å². The molecule has 2 aromatic carbocycles. The van der Waals surface area contributed by atoms with Crippen LogP contribution in [-0.2, 0) is 17.7 Å². The Morgan fingerprint density at radius 2 is 1.94 bits per heavy atom. The molecule has 0 unspecified atom stereocenters. The van der Waals surface area contributed by atoms with Crippen molar-refractivity contribution in [3.63, 3.8) is 0 Å². The molecule has 1 amide bonds. The first kappa shape index (κ1) is 20.3. The molecular formula is C26H21FN4O4. The number of fused-ring (bicyclic) bond motifs is 3. The van der Waals surface area contributed by atoms with E-state index in [0.717, 1.165) is 22.2 Å². The summed E-state index contributed by atoms with van der Waals surface area (Å²) in [7, 11) is 0. The van der Waals surface area contributed by atoms with E-state index in [9.17, 15) is 14.7 Å². The molecule has 0 saturated carbocycles. The van der Waals surface area contributed by atoms with E-state index >= 15 is 4.39 Å². The summed E-state index contributed by atoms with van der Waals surface area (Å²) in [6, 6.07) is 12.5. The van der Waals surface area contributed by atoms with Gasteiger partial charge in [-0.2, -0.15) is 0 Å². The van der Waals surface area contributed by atoms with Crippen LogP contribution >= 0.6 is 0 Å². The van der Waals surface area contributed by atoms with Crippen LogP contribution in [0.15, 0.2) is 53.5 Å². The predicted octanol–water partition coefficient (Wildman–Crippen LogP) is 2.62. The predicted molar refractivity (Wildman–Crippen MR) is 127 cm³/mol. The Morgan fingerprint density at radius 1 is 1.11 bits per heavy atom. The minimum absolute atomic E-state index is 0.150. The Morgan fingerprint density at radius 3 is 2.80 bits per heavy atom. The molecule has 5 heterocycles. The topological polar surface area (TPSA) is 88.7 Å². The number of hydrogen-bond donors (Lipinski definition) is 2. The maximum absolute atomic E-state index is 15.4. The van der Waals surface area contributed by atoms with Crippen molar-refractivity contribution in [2.75, 3.05) is 25.2 Å². The largest absolute Gasteiger partial charge is 0.502 e. The molecule has 0 spiro atoms. The zero-order valence-electron chi connectivity index (χ0n) is 18.6. The number of nitrogens with zero attached hydrogens (tertiary/aromatic N) is 3. The van der Waals surface area contributed by atoms with Gasteiger partial charge in [-0.05, 0) is 28.8 Å². The van der Waals surface area contributed by atoms with Crippen LogP contribution < -0.4 is 10.9 Å². The standard InChI is InChI=1S/C26H21FN4O4/c27-19-10-17(18-9-14-3-1-2-4-15(14)12-29-6-5-16(19)23(18)29)20-11-21(32)25(33)24-26(34)30-7-8-35-13-22(30)28-31(20)24/h1-6,10-11,22,28,33H,7-9,12-13H2/t22-/m0/s1. The van der Waals surface area contributed by atoms with Gasteiger partial charge in [-0.15, -0.1) is 0 Å². The summed E-state index contributed by atoms with van der Waals surface area (Å²) in [5.41, 5.74) is 7.06. The highest BCUT2D eigenvalue weighted by atomic mass is 19.1. The SMILES string of the molecule is O=C1c2c(O)c(=O)cc(-c3cc(F)c4ccn5c4c3Cc3ccccc3C5)n2N[C@@H]2COCCN12. The van der Waals surface area contributed by atoms with E-state index in [1.54, 1.807) is 11.0 Å². The van der Waals surface area contributed by atoms with Gasteiger partial charge in [0.2, 0.25) is 5.43 Å². The van der Waals surface area contributed by atoms with Crippen LogP contribution in [0.1, 0.15) is 27.2 Å². The molecule has 35 heavy (non-hydrogen) atoms. The normalized spacial score (nSPS) is 18.5. The van der Waals surface area contributed by atoms with Gasteiger partial charge in [0.15, 0.2) is 11.4 Å². The van der Waals surface area contributed by atoms with Crippen molar-refractivity contribution in [2.24, 2.45) is 0 Å². The van der Waals surface area contributed by atoms with Gasteiger partial charge < -0.3 is 24.7 Å².